The van der Waals surface area contributed by atoms with Gasteiger partial charge in [0.1, 0.15) is 29.0 Å². The van der Waals surface area contributed by atoms with E-state index in [1.807, 2.05) is 19.9 Å². The molecule has 0 atom stereocenters. The quantitative estimate of drug-likeness (QED) is 0.461. The molecule has 3 N–H and O–H groups in total. The third-order valence-corrected chi connectivity index (χ3v) is 6.34. The maximum atomic E-state index is 13.2. The number of anilines is 1. The largest absolute Gasteiger partial charge is 0.491 e. The van der Waals surface area contributed by atoms with E-state index in [1.165, 1.54) is 35.0 Å². The van der Waals surface area contributed by atoms with Gasteiger partial charge in [-0.1, -0.05) is 0 Å². The van der Waals surface area contributed by atoms with Gasteiger partial charge in [0, 0.05) is 6.54 Å². The van der Waals surface area contributed by atoms with E-state index in [2.05, 4.69) is 9.82 Å². The number of nitrogens with one attached hydrogen (secondary N) is 1. The smallest absolute Gasteiger partial charge is 0.240 e. The molecule has 174 valence electrons. The highest BCUT2D eigenvalue weighted by atomic mass is 32.2. The van der Waals surface area contributed by atoms with Crippen molar-refractivity contribution in [3.8, 4) is 17.5 Å². The van der Waals surface area contributed by atoms with Crippen molar-refractivity contribution < 1.29 is 17.5 Å². The van der Waals surface area contributed by atoms with Crippen LogP contribution in [0.3, 0.4) is 0 Å². The first kappa shape index (κ1) is 24.2. The average Bonchev–Trinajstić information content (AvgIpc) is 3.08. The molecule has 0 radical (unpaired) electrons. The van der Waals surface area contributed by atoms with E-state index in [0.717, 1.165) is 5.56 Å². The third kappa shape index (κ3) is 5.69. The van der Waals surface area contributed by atoms with Gasteiger partial charge in [-0.3, -0.25) is 0 Å². The number of ether oxygens (including phenoxy) is 1. The van der Waals surface area contributed by atoms with Crippen LogP contribution in [0.1, 0.15) is 37.1 Å². The van der Waals surface area contributed by atoms with Crippen LogP contribution in [0.25, 0.3) is 5.69 Å². The van der Waals surface area contributed by atoms with Crippen molar-refractivity contribution in [2.24, 2.45) is 0 Å². The highest BCUT2D eigenvalue weighted by molar-refractivity contribution is 7.89. The molecule has 0 saturated heterocycles. The molecule has 2 aromatic carbocycles. The van der Waals surface area contributed by atoms with Gasteiger partial charge in [0.2, 0.25) is 10.0 Å². The molecule has 1 heterocycles. The SMILES string of the molecule is Cc1cc(S(=O)(=O)NCCCc2nn(-c3ccc(F)cc3)c(N)c2C#N)ccc1OC(C)C. The number of hydrogen-bond acceptors (Lipinski definition) is 6. The van der Waals surface area contributed by atoms with Gasteiger partial charge in [-0.2, -0.15) is 10.4 Å². The molecule has 0 saturated carbocycles. The summed E-state index contributed by atoms with van der Waals surface area (Å²) >= 11 is 0. The zero-order valence-electron chi connectivity index (χ0n) is 18.7. The number of aryl methyl sites for hydroxylation is 2. The van der Waals surface area contributed by atoms with E-state index < -0.39 is 15.8 Å². The number of nitrogen functional groups attached to an aromatic ring is 1. The van der Waals surface area contributed by atoms with Crippen molar-refractivity contribution in [2.45, 2.75) is 44.6 Å². The van der Waals surface area contributed by atoms with E-state index >= 15 is 0 Å². The minimum atomic E-state index is -3.70. The van der Waals surface area contributed by atoms with E-state index in [4.69, 9.17) is 10.5 Å². The lowest BCUT2D eigenvalue weighted by atomic mass is 10.1. The zero-order chi connectivity index (χ0) is 24.2. The van der Waals surface area contributed by atoms with Crippen LogP contribution in [0.4, 0.5) is 10.2 Å². The topological polar surface area (TPSA) is 123 Å². The molecule has 0 aliphatic carbocycles. The summed E-state index contributed by atoms with van der Waals surface area (Å²) in [5.74, 6) is 0.399. The first-order chi connectivity index (χ1) is 15.6. The number of nitrogens with two attached hydrogens (primary N) is 1. The van der Waals surface area contributed by atoms with Crippen LogP contribution in [0.15, 0.2) is 47.4 Å². The molecule has 8 nitrogen and oxygen atoms in total. The predicted molar refractivity (Wildman–Crippen MR) is 123 cm³/mol. The number of nitrogens with zero attached hydrogens (tertiary/aromatic N) is 3. The molecular formula is C23H26FN5O3S. The molecule has 0 amide bonds. The molecule has 0 spiro atoms. The lowest BCUT2D eigenvalue weighted by Crippen LogP contribution is -2.25. The monoisotopic (exact) mass is 471 g/mol. The second-order valence-corrected chi connectivity index (χ2v) is 9.57. The summed E-state index contributed by atoms with van der Waals surface area (Å²) in [4.78, 5) is 0.152. The minimum absolute atomic E-state index is 0.0110. The second kappa shape index (κ2) is 10.0. The van der Waals surface area contributed by atoms with Gasteiger partial charge in [-0.05, 0) is 81.6 Å². The first-order valence-electron chi connectivity index (χ1n) is 10.4. The highest BCUT2D eigenvalue weighted by Crippen LogP contribution is 2.24. The normalized spacial score (nSPS) is 11.5. The van der Waals surface area contributed by atoms with Gasteiger partial charge >= 0.3 is 0 Å². The molecule has 0 unspecified atom stereocenters. The fraction of sp³-hybridized carbons (Fsp3) is 0.304. The molecule has 0 aliphatic rings. The Bertz CT molecular complexity index is 1280. The fourth-order valence-electron chi connectivity index (χ4n) is 3.28. The van der Waals surface area contributed by atoms with Gasteiger partial charge < -0.3 is 10.5 Å². The molecular weight excluding hydrogens is 445 g/mol. The minimum Gasteiger partial charge on any atom is -0.491 e. The molecule has 10 heteroatoms. The average molecular weight is 472 g/mol. The van der Waals surface area contributed by atoms with Crippen molar-refractivity contribution in [1.82, 2.24) is 14.5 Å². The fourth-order valence-corrected chi connectivity index (χ4v) is 4.43. The van der Waals surface area contributed by atoms with E-state index in [-0.39, 0.29) is 28.9 Å². The van der Waals surface area contributed by atoms with Crippen LogP contribution in [0.2, 0.25) is 0 Å². The maximum absolute atomic E-state index is 13.2. The summed E-state index contributed by atoms with van der Waals surface area (Å²) in [7, 11) is -3.70. The van der Waals surface area contributed by atoms with Crippen molar-refractivity contribution in [3.63, 3.8) is 0 Å². The summed E-state index contributed by atoms with van der Waals surface area (Å²) in [6.07, 6.45) is 0.730. The lowest BCUT2D eigenvalue weighted by Gasteiger charge is -2.13. The molecule has 0 bridgehead atoms. The van der Waals surface area contributed by atoms with Crippen LogP contribution >= 0.6 is 0 Å². The molecule has 1 aromatic heterocycles. The van der Waals surface area contributed by atoms with Crippen molar-refractivity contribution in [2.75, 3.05) is 12.3 Å². The van der Waals surface area contributed by atoms with Crippen LogP contribution < -0.4 is 15.2 Å². The third-order valence-electron chi connectivity index (χ3n) is 4.88. The van der Waals surface area contributed by atoms with Gasteiger partial charge in [0.05, 0.1) is 22.4 Å². The molecule has 0 aliphatic heterocycles. The molecule has 33 heavy (non-hydrogen) atoms. The first-order valence-corrected chi connectivity index (χ1v) is 11.9. The summed E-state index contributed by atoms with van der Waals surface area (Å²) in [6, 6.07) is 12.3. The molecule has 0 fully saturated rings. The van der Waals surface area contributed by atoms with Crippen LogP contribution in [0, 0.1) is 24.1 Å². The summed E-state index contributed by atoms with van der Waals surface area (Å²) in [6.45, 7) is 5.75. The van der Waals surface area contributed by atoms with Crippen molar-refractivity contribution in [1.29, 1.82) is 5.26 Å². The summed E-state index contributed by atoms with van der Waals surface area (Å²) in [5.41, 5.74) is 7.98. The lowest BCUT2D eigenvalue weighted by molar-refractivity contribution is 0.240. The summed E-state index contributed by atoms with van der Waals surface area (Å²) < 4.78 is 48.1. The summed E-state index contributed by atoms with van der Waals surface area (Å²) in [5, 5.41) is 13.8. The van der Waals surface area contributed by atoms with Gasteiger partial charge in [-0.25, -0.2) is 22.2 Å². The van der Waals surface area contributed by atoms with E-state index in [1.54, 1.807) is 19.1 Å². The van der Waals surface area contributed by atoms with Gasteiger partial charge in [0.25, 0.3) is 0 Å². The van der Waals surface area contributed by atoms with Crippen LogP contribution in [-0.4, -0.2) is 30.8 Å². The Balaban J connectivity index is 1.66. The van der Waals surface area contributed by atoms with Crippen LogP contribution in [-0.2, 0) is 16.4 Å². The predicted octanol–water partition coefficient (Wildman–Crippen LogP) is 3.47. The Kier molecular flexibility index (Phi) is 7.36. The Morgan fingerprint density at radius 1 is 1.24 bits per heavy atom. The van der Waals surface area contributed by atoms with Crippen LogP contribution in [0.5, 0.6) is 5.75 Å². The van der Waals surface area contributed by atoms with Crippen molar-refractivity contribution >= 4 is 15.8 Å². The number of hydrogen-bond donors (Lipinski definition) is 2. The Hall–Kier alpha value is -3.42. The number of benzene rings is 2. The van der Waals surface area contributed by atoms with E-state index in [9.17, 15) is 18.1 Å². The number of rotatable bonds is 9. The van der Waals surface area contributed by atoms with Gasteiger partial charge in [0.15, 0.2) is 0 Å². The Morgan fingerprint density at radius 3 is 2.55 bits per heavy atom. The zero-order valence-corrected chi connectivity index (χ0v) is 19.5. The number of sulfonamides is 1. The Labute approximate surface area is 192 Å². The highest BCUT2D eigenvalue weighted by Gasteiger charge is 2.18. The second-order valence-electron chi connectivity index (χ2n) is 7.80. The number of halogens is 1. The van der Waals surface area contributed by atoms with Crippen molar-refractivity contribution in [3.05, 3.63) is 65.1 Å². The van der Waals surface area contributed by atoms with Gasteiger partial charge in [-0.15, -0.1) is 0 Å². The number of aromatic nitrogens is 2. The maximum Gasteiger partial charge on any atom is 0.240 e. The molecule has 3 rings (SSSR count). The standard InChI is InChI=1S/C23H26FN5O3S/c1-15(2)32-22-11-10-19(13-16(22)3)33(30,31)27-12-4-5-21-20(14-25)23(26)29(28-21)18-8-6-17(24)7-9-18/h6-11,13,15,27H,4-5,12,26H2,1-3H3. The molecule has 3 aromatic rings. The number of nitriles is 1. The Morgan fingerprint density at radius 2 is 1.94 bits per heavy atom. The van der Waals surface area contributed by atoms with E-state index in [0.29, 0.717) is 30.0 Å².